The molecule has 1 N–H and O–H groups in total. The Morgan fingerprint density at radius 1 is 0.264 bits per heavy atom. The van der Waals surface area contributed by atoms with Crippen molar-refractivity contribution in [3.05, 3.63) is 303 Å². The second kappa shape index (κ2) is 20.3. The Labute approximate surface area is 551 Å². The largest absolute Gasteiger partial charge is 0.354 e. The van der Waals surface area contributed by atoms with E-state index in [0.717, 1.165) is 13.4 Å². The third kappa shape index (κ3) is 8.20. The van der Waals surface area contributed by atoms with Crippen molar-refractivity contribution in [2.24, 2.45) is 0 Å². The third-order valence-electron chi connectivity index (χ3n) is 20.3. The highest BCUT2D eigenvalue weighted by Gasteiger charge is 2.39. The van der Waals surface area contributed by atoms with Gasteiger partial charge in [-0.3, -0.25) is 0 Å². The van der Waals surface area contributed by atoms with Crippen LogP contribution in [0.4, 0.5) is 0 Å². The van der Waals surface area contributed by atoms with Crippen molar-refractivity contribution < 1.29 is 0 Å². The molecule has 0 radical (unpaired) electrons. The molecule has 2 aromatic heterocycles. The topological polar surface area (TPSA) is 20.7 Å². The van der Waals surface area contributed by atoms with Gasteiger partial charge in [-0.1, -0.05) is 245 Å². The second-order valence-corrected chi connectivity index (χ2v) is 28.7. The van der Waals surface area contributed by atoms with Crippen LogP contribution in [0, 0.1) is 0 Å². The van der Waals surface area contributed by atoms with E-state index in [1.165, 1.54) is 180 Å². The summed E-state index contributed by atoms with van der Waals surface area (Å²) >= 11 is 10.7. The molecule has 2 aliphatic rings. The average molecular weight is 1360 g/mol. The summed E-state index contributed by atoms with van der Waals surface area (Å²) in [5.74, 6) is 0. The Kier molecular flexibility index (Phi) is 12.2. The first-order valence-electron chi connectivity index (χ1n) is 31.3. The Morgan fingerprint density at radius 3 is 1.19 bits per heavy atom. The Balaban J connectivity index is 0.000000123. The van der Waals surface area contributed by atoms with Gasteiger partial charge in [0, 0.05) is 62.5 Å². The number of rotatable bonds is 1. The van der Waals surface area contributed by atoms with Gasteiger partial charge in [0.05, 0.1) is 11.0 Å². The van der Waals surface area contributed by atoms with E-state index in [0.29, 0.717) is 0 Å². The predicted octanol–water partition coefficient (Wildman–Crippen LogP) is 25.9. The molecule has 432 valence electrons. The van der Waals surface area contributed by atoms with E-state index >= 15 is 0 Å². The molecule has 2 nitrogen and oxygen atoms in total. The number of hydrogen-bond acceptors (Lipinski definition) is 0. The van der Waals surface area contributed by atoms with Crippen LogP contribution in [-0.2, 0) is 10.8 Å². The Morgan fingerprint density at radius 2 is 0.659 bits per heavy atom. The summed E-state index contributed by atoms with van der Waals surface area (Å²) < 4.78 is 5.75. The monoisotopic (exact) mass is 1350 g/mol. The van der Waals surface area contributed by atoms with Crippen molar-refractivity contribution in [1.29, 1.82) is 0 Å². The van der Waals surface area contributed by atoms with E-state index in [1.807, 2.05) is 30.3 Å². The maximum Gasteiger partial charge on any atom is 0.0552 e. The number of para-hydroxylation sites is 1. The number of aromatic nitrogens is 2. The highest BCUT2D eigenvalue weighted by Crippen LogP contribution is 2.56. The van der Waals surface area contributed by atoms with Crippen molar-refractivity contribution >= 4 is 178 Å². The summed E-state index contributed by atoms with van der Waals surface area (Å²) in [7, 11) is 0. The van der Waals surface area contributed by atoms with Crippen molar-refractivity contribution in [2.75, 3.05) is 0 Å². The Hall–Kier alpha value is -9.36. The molecule has 0 amide bonds. The van der Waals surface area contributed by atoms with E-state index in [-0.39, 0.29) is 10.8 Å². The number of hydrogen-bond donors (Lipinski definition) is 1. The molecular weight excluding hydrogens is 1300 g/mol. The van der Waals surface area contributed by atoms with Gasteiger partial charge < -0.3 is 9.55 Å². The first-order chi connectivity index (χ1) is 44.4. The van der Waals surface area contributed by atoms with E-state index < -0.39 is 0 Å². The number of fused-ring (bicyclic) bond motifs is 28. The molecule has 16 aromatic carbocycles. The fraction of sp³-hybridized carbons (Fsp3) is 0.0698. The number of halogens is 3. The number of nitrogens with zero attached hydrogens (tertiary/aromatic N) is 1. The smallest absolute Gasteiger partial charge is 0.0552 e. The molecule has 20 rings (SSSR count). The van der Waals surface area contributed by atoms with Gasteiger partial charge in [-0.2, -0.15) is 0 Å². The van der Waals surface area contributed by atoms with Gasteiger partial charge in [-0.05, 0) is 228 Å². The van der Waals surface area contributed by atoms with Gasteiger partial charge in [-0.15, -0.1) is 0 Å². The van der Waals surface area contributed by atoms with Crippen LogP contribution in [0.25, 0.3) is 158 Å². The van der Waals surface area contributed by atoms with Crippen molar-refractivity contribution in [3.63, 3.8) is 0 Å². The van der Waals surface area contributed by atoms with Gasteiger partial charge in [-0.25, -0.2) is 0 Å². The zero-order valence-corrected chi connectivity index (χ0v) is 55.2. The number of H-pyrrole nitrogens is 1. The number of nitrogens with one attached hydrogen (secondary N) is 1. The molecule has 0 unspecified atom stereocenters. The maximum absolute atomic E-state index is 3.75. The molecule has 18 aromatic rings. The maximum atomic E-state index is 3.75. The first kappa shape index (κ1) is 54.6. The average Bonchev–Trinajstić information content (AvgIpc) is 1.73. The van der Waals surface area contributed by atoms with Crippen LogP contribution in [0.15, 0.2) is 280 Å². The molecule has 2 aliphatic carbocycles. The SMILES string of the molecule is Brc1ccccc1.CC1(C)c2cc3[nH]c4cc(Br)ccc4c3cc2-c2cc3c4ccccc4c4ccc5ccccc5c4c3cc21.CC1(C)c2cc3c(cc2-c2cc4c5ccc(Br)cc5n(-c5ccccc5)c4cc21)c1ccccc1c1ccc2ccccc2c13. The highest BCUT2D eigenvalue weighted by atomic mass is 79.9. The van der Waals surface area contributed by atoms with Gasteiger partial charge in [0.15, 0.2) is 0 Å². The van der Waals surface area contributed by atoms with Crippen LogP contribution < -0.4 is 0 Å². The van der Waals surface area contributed by atoms with Crippen LogP contribution in [0.5, 0.6) is 0 Å². The van der Waals surface area contributed by atoms with Crippen LogP contribution in [-0.4, -0.2) is 9.55 Å². The quantitative estimate of drug-likeness (QED) is 0.158. The standard InChI is InChI=1S/C43H28BrN.C37H24BrN.C6H5Br/c1-43(2)38-23-37-33(30-15-9-8-14-29(30)32-18-16-25-10-6-7-13-28(25)42(32)37)21-34(38)35-22-36-31-19-17-26(44)20-40(31)45(41(36)24-39(35)43)27-11-4-3-5-12-27;1-37(2)32-18-31-27(24-10-6-5-9-23(24)26-13-11-20-7-3-4-8-22(20)36(26)31)16-28(32)29-17-30-25-14-12-21(38)15-34(25)39-35(30)19-33(29)37;7-6-4-2-1-3-5-6/h3-24H,1-2H3;3-19,39H,1-2H3;1-5H. The van der Waals surface area contributed by atoms with Gasteiger partial charge in [0.25, 0.3) is 0 Å². The molecule has 0 fully saturated rings. The molecular formula is C86H57Br3N2. The van der Waals surface area contributed by atoms with Gasteiger partial charge in [0.2, 0.25) is 0 Å². The van der Waals surface area contributed by atoms with Crippen molar-refractivity contribution in [3.8, 4) is 27.9 Å². The molecule has 2 heterocycles. The van der Waals surface area contributed by atoms with Gasteiger partial charge in [0.1, 0.15) is 0 Å². The third-order valence-corrected chi connectivity index (χ3v) is 21.8. The molecule has 5 heteroatoms. The lowest BCUT2D eigenvalue weighted by Crippen LogP contribution is -2.15. The van der Waals surface area contributed by atoms with E-state index in [4.69, 9.17) is 0 Å². The molecule has 0 bridgehead atoms. The lowest BCUT2D eigenvalue weighted by atomic mass is 9.80. The number of aromatic amines is 1. The minimum Gasteiger partial charge on any atom is -0.354 e. The highest BCUT2D eigenvalue weighted by molar-refractivity contribution is 9.11. The second-order valence-electron chi connectivity index (χ2n) is 25.9. The van der Waals surface area contributed by atoms with Crippen LogP contribution in [0.2, 0.25) is 0 Å². The molecule has 0 atom stereocenters. The van der Waals surface area contributed by atoms with E-state index in [9.17, 15) is 0 Å². The van der Waals surface area contributed by atoms with Crippen LogP contribution >= 0.6 is 47.8 Å². The van der Waals surface area contributed by atoms with Crippen LogP contribution in [0.3, 0.4) is 0 Å². The summed E-state index contributed by atoms with van der Waals surface area (Å²) in [6.45, 7) is 9.58. The number of benzene rings is 16. The minimum atomic E-state index is -0.159. The predicted molar refractivity (Wildman–Crippen MR) is 401 cm³/mol. The molecule has 91 heavy (non-hydrogen) atoms. The Bertz CT molecular complexity index is 6170. The fourth-order valence-corrected chi connectivity index (χ4v) is 17.0. The fourth-order valence-electron chi connectivity index (χ4n) is 16.0. The minimum absolute atomic E-state index is 0.104. The molecule has 0 aliphatic heterocycles. The normalized spacial score (nSPS) is 13.6. The summed E-state index contributed by atoms with van der Waals surface area (Å²) in [5.41, 5.74) is 16.8. The van der Waals surface area contributed by atoms with Crippen molar-refractivity contribution in [2.45, 2.75) is 38.5 Å². The summed E-state index contributed by atoms with van der Waals surface area (Å²) in [5, 5.41) is 26.3. The summed E-state index contributed by atoms with van der Waals surface area (Å²) in [6, 6.07) is 98.4. The van der Waals surface area contributed by atoms with Crippen LogP contribution in [0.1, 0.15) is 49.9 Å². The zero-order valence-electron chi connectivity index (χ0n) is 50.5. The van der Waals surface area contributed by atoms with E-state index in [1.54, 1.807) is 0 Å². The zero-order chi connectivity index (χ0) is 61.2. The molecule has 0 saturated carbocycles. The first-order valence-corrected chi connectivity index (χ1v) is 33.7. The van der Waals surface area contributed by atoms with Crippen molar-refractivity contribution in [1.82, 2.24) is 9.55 Å². The lowest BCUT2D eigenvalue weighted by Gasteiger charge is -2.23. The van der Waals surface area contributed by atoms with E-state index in [2.05, 4.69) is 322 Å². The summed E-state index contributed by atoms with van der Waals surface area (Å²) in [6.07, 6.45) is 0. The van der Waals surface area contributed by atoms with Gasteiger partial charge >= 0.3 is 0 Å². The molecule has 0 spiro atoms. The molecule has 0 saturated heterocycles. The summed E-state index contributed by atoms with van der Waals surface area (Å²) in [4.78, 5) is 3.68. The lowest BCUT2D eigenvalue weighted by molar-refractivity contribution is 0.661.